The number of nitrogens with zero attached hydrogens (tertiary/aromatic N) is 2. The Hall–Kier alpha value is -3.04. The molecule has 7 nitrogen and oxygen atoms in total. The van der Waals surface area contributed by atoms with Crippen LogP contribution in [0.3, 0.4) is 0 Å². The lowest BCUT2D eigenvalue weighted by Gasteiger charge is -2.11. The predicted octanol–water partition coefficient (Wildman–Crippen LogP) is 2.59. The number of aryl methyl sites for hydroxylation is 1. The number of hydrogen-bond donors (Lipinski definition) is 1. The van der Waals surface area contributed by atoms with Crippen LogP contribution < -0.4 is 10.1 Å². The van der Waals surface area contributed by atoms with Crippen molar-refractivity contribution in [3.63, 3.8) is 0 Å². The number of benzene rings is 1. The molecule has 10 heteroatoms. The van der Waals surface area contributed by atoms with E-state index in [-0.39, 0.29) is 23.7 Å². The van der Waals surface area contributed by atoms with Crippen molar-refractivity contribution in [3.8, 4) is 5.75 Å². The fourth-order valence-corrected chi connectivity index (χ4v) is 1.95. The second-order valence-corrected chi connectivity index (χ2v) is 4.73. The summed E-state index contributed by atoms with van der Waals surface area (Å²) in [5, 5.41) is 6.14. The normalized spacial score (nSPS) is 10.6. The molecule has 0 atom stereocenters. The molecular weight excluding hydrogens is 343 g/mol. The Morgan fingerprint density at radius 3 is 2.68 bits per heavy atom. The van der Waals surface area contributed by atoms with Gasteiger partial charge in [-0.25, -0.2) is 9.18 Å². The second-order valence-electron chi connectivity index (χ2n) is 4.73. The van der Waals surface area contributed by atoms with Gasteiger partial charge in [-0.15, -0.1) is 0 Å². The van der Waals surface area contributed by atoms with Gasteiger partial charge in [0.2, 0.25) is 0 Å². The van der Waals surface area contributed by atoms with E-state index in [1.807, 2.05) is 0 Å². The molecule has 1 aromatic carbocycles. The highest BCUT2D eigenvalue weighted by Crippen LogP contribution is 2.27. The van der Waals surface area contributed by atoms with E-state index in [1.54, 1.807) is 6.92 Å². The van der Waals surface area contributed by atoms with Crippen LogP contribution in [0.15, 0.2) is 24.3 Å². The smallest absolute Gasteiger partial charge is 0.387 e. The van der Waals surface area contributed by atoms with E-state index in [2.05, 4.69) is 15.2 Å². The number of aromatic nitrogens is 2. The molecule has 0 aliphatic carbocycles. The minimum absolute atomic E-state index is 0.0372. The maximum absolute atomic E-state index is 13.2. The standard InChI is InChI=1S/C15H14F3N3O4/c1-3-24-14(23)11-7-10(20-21(11)2)13(22)19-9-5-4-8(16)6-12(9)25-15(17)18/h4-7,15H,3H2,1-2H3,(H,19,22). The van der Waals surface area contributed by atoms with Crippen LogP contribution in [-0.4, -0.2) is 34.9 Å². The largest absolute Gasteiger partial charge is 0.461 e. The fraction of sp³-hybridized carbons (Fsp3) is 0.267. The van der Waals surface area contributed by atoms with Gasteiger partial charge in [0.05, 0.1) is 12.3 Å². The minimum Gasteiger partial charge on any atom is -0.461 e. The zero-order valence-corrected chi connectivity index (χ0v) is 13.3. The summed E-state index contributed by atoms with van der Waals surface area (Å²) in [6, 6.07) is 3.94. The number of alkyl halides is 2. The third-order valence-electron chi connectivity index (χ3n) is 3.00. The molecule has 134 valence electrons. The van der Waals surface area contributed by atoms with Crippen LogP contribution in [0.2, 0.25) is 0 Å². The van der Waals surface area contributed by atoms with Gasteiger partial charge in [-0.05, 0) is 19.1 Å². The molecule has 0 fully saturated rings. The van der Waals surface area contributed by atoms with E-state index >= 15 is 0 Å². The molecule has 0 bridgehead atoms. The van der Waals surface area contributed by atoms with Crippen molar-refractivity contribution in [1.82, 2.24) is 9.78 Å². The average Bonchev–Trinajstić information content (AvgIpc) is 2.92. The Morgan fingerprint density at radius 1 is 1.32 bits per heavy atom. The van der Waals surface area contributed by atoms with E-state index in [9.17, 15) is 22.8 Å². The van der Waals surface area contributed by atoms with E-state index in [4.69, 9.17) is 4.74 Å². The van der Waals surface area contributed by atoms with Gasteiger partial charge in [0.15, 0.2) is 11.4 Å². The number of anilines is 1. The zero-order chi connectivity index (χ0) is 18.6. The first-order valence-electron chi connectivity index (χ1n) is 7.08. The summed E-state index contributed by atoms with van der Waals surface area (Å²) in [7, 11) is 1.44. The molecule has 0 saturated carbocycles. The summed E-state index contributed by atoms with van der Waals surface area (Å²) in [6.45, 7) is -1.42. The van der Waals surface area contributed by atoms with E-state index < -0.39 is 30.1 Å². The maximum atomic E-state index is 13.2. The molecule has 2 rings (SSSR count). The third kappa shape index (κ3) is 4.49. The number of hydrogen-bond acceptors (Lipinski definition) is 5. The highest BCUT2D eigenvalue weighted by Gasteiger charge is 2.20. The van der Waals surface area contributed by atoms with Crippen molar-refractivity contribution in [1.29, 1.82) is 0 Å². The Balaban J connectivity index is 2.23. The van der Waals surface area contributed by atoms with Gasteiger partial charge < -0.3 is 14.8 Å². The number of ether oxygens (including phenoxy) is 2. The number of halogens is 3. The Bertz CT molecular complexity index is 792. The van der Waals surface area contributed by atoms with Crippen molar-refractivity contribution in [2.75, 3.05) is 11.9 Å². The van der Waals surface area contributed by atoms with E-state index in [0.29, 0.717) is 6.07 Å². The summed E-state index contributed by atoms with van der Waals surface area (Å²) >= 11 is 0. The van der Waals surface area contributed by atoms with Crippen LogP contribution in [0.4, 0.5) is 18.9 Å². The Morgan fingerprint density at radius 2 is 2.04 bits per heavy atom. The summed E-state index contributed by atoms with van der Waals surface area (Å²) in [4.78, 5) is 23.9. The minimum atomic E-state index is -3.19. The van der Waals surface area contributed by atoms with E-state index in [0.717, 1.165) is 16.8 Å². The fourth-order valence-electron chi connectivity index (χ4n) is 1.95. The number of esters is 1. The molecule has 0 saturated heterocycles. The highest BCUT2D eigenvalue weighted by molar-refractivity contribution is 6.04. The lowest BCUT2D eigenvalue weighted by Crippen LogP contribution is -2.15. The van der Waals surface area contributed by atoms with Crippen LogP contribution in [-0.2, 0) is 11.8 Å². The number of nitrogens with one attached hydrogen (secondary N) is 1. The molecule has 0 aliphatic heterocycles. The third-order valence-corrected chi connectivity index (χ3v) is 3.00. The first-order valence-corrected chi connectivity index (χ1v) is 7.08. The first-order chi connectivity index (χ1) is 11.8. The molecular formula is C15H14F3N3O4. The Labute approximate surface area is 140 Å². The van der Waals surface area contributed by atoms with Crippen molar-refractivity contribution in [3.05, 3.63) is 41.5 Å². The van der Waals surface area contributed by atoms with Gasteiger partial charge in [0.25, 0.3) is 5.91 Å². The van der Waals surface area contributed by atoms with Crippen molar-refractivity contribution in [2.45, 2.75) is 13.5 Å². The van der Waals surface area contributed by atoms with Gasteiger partial charge in [0, 0.05) is 19.2 Å². The molecule has 1 aromatic heterocycles. The van der Waals surface area contributed by atoms with Crippen LogP contribution in [0, 0.1) is 5.82 Å². The Kier molecular flexibility index (Phi) is 5.63. The van der Waals surface area contributed by atoms with Gasteiger partial charge >= 0.3 is 12.6 Å². The predicted molar refractivity (Wildman–Crippen MR) is 80.1 cm³/mol. The van der Waals surface area contributed by atoms with Crippen molar-refractivity contribution < 1.29 is 32.2 Å². The number of rotatable bonds is 6. The molecule has 2 aromatic rings. The summed E-state index contributed by atoms with van der Waals surface area (Å²) in [5.74, 6) is -2.81. The van der Waals surface area contributed by atoms with Gasteiger partial charge in [-0.2, -0.15) is 13.9 Å². The summed E-state index contributed by atoms with van der Waals surface area (Å²) in [5.41, 5.74) is -0.289. The zero-order valence-electron chi connectivity index (χ0n) is 13.3. The molecule has 25 heavy (non-hydrogen) atoms. The number of carbonyl (C=O) groups is 2. The van der Waals surface area contributed by atoms with Crippen LogP contribution in [0.1, 0.15) is 27.9 Å². The lowest BCUT2D eigenvalue weighted by atomic mass is 10.2. The quantitative estimate of drug-likeness (QED) is 0.804. The second kappa shape index (κ2) is 7.69. The molecule has 1 amide bonds. The molecule has 0 unspecified atom stereocenters. The SMILES string of the molecule is CCOC(=O)c1cc(C(=O)Nc2ccc(F)cc2OC(F)F)nn1C. The van der Waals surface area contributed by atoms with Gasteiger partial charge in [0.1, 0.15) is 11.5 Å². The molecule has 1 heterocycles. The van der Waals surface area contributed by atoms with Crippen molar-refractivity contribution >= 4 is 17.6 Å². The summed E-state index contributed by atoms with van der Waals surface area (Å²) < 4.78 is 48.1. The summed E-state index contributed by atoms with van der Waals surface area (Å²) in [6.07, 6.45) is 0. The lowest BCUT2D eigenvalue weighted by molar-refractivity contribution is -0.0495. The molecule has 1 N–H and O–H groups in total. The number of carbonyl (C=O) groups excluding carboxylic acids is 2. The monoisotopic (exact) mass is 357 g/mol. The number of amides is 1. The maximum Gasteiger partial charge on any atom is 0.387 e. The van der Waals surface area contributed by atoms with Gasteiger partial charge in [-0.1, -0.05) is 0 Å². The average molecular weight is 357 g/mol. The molecule has 0 aliphatic rings. The molecule has 0 spiro atoms. The molecule has 0 radical (unpaired) electrons. The van der Waals surface area contributed by atoms with Gasteiger partial charge in [-0.3, -0.25) is 9.48 Å². The van der Waals surface area contributed by atoms with Crippen LogP contribution in [0.5, 0.6) is 5.75 Å². The van der Waals surface area contributed by atoms with Crippen molar-refractivity contribution in [2.24, 2.45) is 7.05 Å². The first kappa shape index (κ1) is 18.3. The topological polar surface area (TPSA) is 82.5 Å². The van der Waals surface area contributed by atoms with Crippen LogP contribution >= 0.6 is 0 Å². The highest BCUT2D eigenvalue weighted by atomic mass is 19.3. The van der Waals surface area contributed by atoms with E-state index in [1.165, 1.54) is 13.1 Å². The van der Waals surface area contributed by atoms with Crippen LogP contribution in [0.25, 0.3) is 0 Å².